The van der Waals surface area contributed by atoms with Crippen LogP contribution >= 0.6 is 0 Å². The molecular formula is C16H22Zr. The molecule has 0 saturated carbocycles. The third-order valence-corrected chi connectivity index (χ3v) is 7.61. The molecule has 2 aliphatic carbocycles. The fourth-order valence-electron chi connectivity index (χ4n) is 2.71. The van der Waals surface area contributed by atoms with E-state index in [1.807, 2.05) is 0 Å². The molecule has 2 unspecified atom stereocenters. The molecule has 0 radical (unpaired) electrons. The first-order valence-electron chi connectivity index (χ1n) is 6.71. The molecule has 0 fully saturated rings. The first-order valence-corrected chi connectivity index (χ1v) is 9.16. The van der Waals surface area contributed by atoms with Crippen LogP contribution in [-0.2, 0) is 23.2 Å². The third-order valence-electron chi connectivity index (χ3n) is 3.66. The van der Waals surface area contributed by atoms with Crippen LogP contribution in [0, 0.1) is 11.8 Å². The van der Waals surface area contributed by atoms with Gasteiger partial charge in [0.1, 0.15) is 0 Å². The zero-order chi connectivity index (χ0) is 12.4. The van der Waals surface area contributed by atoms with E-state index in [0.29, 0.717) is 0 Å². The summed E-state index contributed by atoms with van der Waals surface area (Å²) in [6, 6.07) is 0. The molecule has 0 aromatic heterocycles. The molecule has 90 valence electrons. The summed E-state index contributed by atoms with van der Waals surface area (Å²) in [5, 5.41) is 0. The summed E-state index contributed by atoms with van der Waals surface area (Å²) in [6.45, 7) is 9.13. The molecule has 2 aliphatic rings. The normalized spacial score (nSPS) is 27.5. The minimum absolute atomic E-state index is 0.507. The average Bonchev–Trinajstić information content (AvgIpc) is 2.82. The molecule has 2 atom stereocenters. The topological polar surface area (TPSA) is 0 Å². The molecular weight excluding hydrogens is 283 g/mol. The quantitative estimate of drug-likeness (QED) is 0.699. The van der Waals surface area contributed by atoms with Gasteiger partial charge in [0.15, 0.2) is 0 Å². The standard InChI is InChI=1S/2C8H11.Zr/c2*1-3-8-5-4-7(2)6-8;/h2*4,6,8H,3H2,1-2H3;. The predicted octanol–water partition coefficient (Wildman–Crippen LogP) is 4.81. The third kappa shape index (κ3) is 2.99. The van der Waals surface area contributed by atoms with E-state index >= 15 is 0 Å². The summed E-state index contributed by atoms with van der Waals surface area (Å²) in [5.74, 6) is 1.53. The Morgan fingerprint density at radius 3 is 1.65 bits per heavy atom. The monoisotopic (exact) mass is 304 g/mol. The second kappa shape index (κ2) is 5.66. The summed E-state index contributed by atoms with van der Waals surface area (Å²) in [4.78, 5) is 0. The van der Waals surface area contributed by atoms with Gasteiger partial charge in [-0.2, -0.15) is 0 Å². The molecule has 0 aliphatic heterocycles. The SMILES string of the molecule is CCC1C=C(C)C=[C]1[Zr][C]1=CC(C)=CC1CC. The maximum atomic E-state index is 2.47. The van der Waals surface area contributed by atoms with Crippen LogP contribution < -0.4 is 0 Å². The molecule has 1 heteroatoms. The first-order chi connectivity index (χ1) is 8.13. The van der Waals surface area contributed by atoms with E-state index in [9.17, 15) is 0 Å². The van der Waals surface area contributed by atoms with Crippen molar-refractivity contribution in [1.29, 1.82) is 0 Å². The van der Waals surface area contributed by atoms with Crippen molar-refractivity contribution in [3.63, 3.8) is 0 Å². The first kappa shape index (κ1) is 13.3. The van der Waals surface area contributed by atoms with Crippen LogP contribution in [0.25, 0.3) is 0 Å². The van der Waals surface area contributed by atoms with Gasteiger partial charge in [0, 0.05) is 0 Å². The number of hydrogen-bond acceptors (Lipinski definition) is 0. The summed E-state index contributed by atoms with van der Waals surface area (Å²) in [5.41, 5.74) is 2.98. The molecule has 0 saturated heterocycles. The van der Waals surface area contributed by atoms with Crippen LogP contribution in [0.4, 0.5) is 0 Å². The van der Waals surface area contributed by atoms with Crippen molar-refractivity contribution in [2.75, 3.05) is 0 Å². The van der Waals surface area contributed by atoms with Crippen LogP contribution in [0.1, 0.15) is 40.5 Å². The molecule has 0 bridgehead atoms. The van der Waals surface area contributed by atoms with Crippen molar-refractivity contribution in [1.82, 2.24) is 0 Å². The van der Waals surface area contributed by atoms with Crippen molar-refractivity contribution in [2.24, 2.45) is 11.8 Å². The Morgan fingerprint density at radius 1 is 0.882 bits per heavy atom. The fraction of sp³-hybridized carbons (Fsp3) is 0.500. The Morgan fingerprint density at radius 2 is 1.29 bits per heavy atom. The Balaban J connectivity index is 2.08. The Labute approximate surface area is 117 Å². The second-order valence-electron chi connectivity index (χ2n) is 5.18. The van der Waals surface area contributed by atoms with Crippen molar-refractivity contribution >= 4 is 0 Å². The Kier molecular flexibility index (Phi) is 4.42. The maximum absolute atomic E-state index is 2.47. The van der Waals surface area contributed by atoms with Gasteiger partial charge in [-0.15, -0.1) is 0 Å². The molecule has 17 heavy (non-hydrogen) atoms. The Bertz CT molecular complexity index is 381. The van der Waals surface area contributed by atoms with Gasteiger partial charge in [-0.25, -0.2) is 0 Å². The zero-order valence-corrected chi connectivity index (χ0v) is 13.8. The van der Waals surface area contributed by atoms with Crippen LogP contribution in [0.2, 0.25) is 0 Å². The van der Waals surface area contributed by atoms with E-state index in [-0.39, 0.29) is 0 Å². The van der Waals surface area contributed by atoms with Gasteiger partial charge in [0.2, 0.25) is 0 Å². The molecule has 0 heterocycles. The van der Waals surface area contributed by atoms with Crippen LogP contribution in [-0.4, -0.2) is 0 Å². The van der Waals surface area contributed by atoms with Crippen LogP contribution in [0.5, 0.6) is 0 Å². The molecule has 0 nitrogen and oxygen atoms in total. The van der Waals surface area contributed by atoms with E-state index in [1.54, 1.807) is 6.56 Å². The predicted molar refractivity (Wildman–Crippen MR) is 71.2 cm³/mol. The molecule has 0 spiro atoms. The summed E-state index contributed by atoms with van der Waals surface area (Å²) in [6.07, 6.45) is 12.4. The number of hydrogen-bond donors (Lipinski definition) is 0. The van der Waals surface area contributed by atoms with E-state index in [2.05, 4.69) is 52.0 Å². The number of rotatable bonds is 4. The van der Waals surface area contributed by atoms with E-state index < -0.39 is 23.2 Å². The summed E-state index contributed by atoms with van der Waals surface area (Å²) in [7, 11) is 0. The molecule has 0 amide bonds. The van der Waals surface area contributed by atoms with Gasteiger partial charge < -0.3 is 0 Å². The van der Waals surface area contributed by atoms with Gasteiger partial charge in [0.05, 0.1) is 0 Å². The van der Waals surface area contributed by atoms with Crippen molar-refractivity contribution < 1.29 is 23.2 Å². The van der Waals surface area contributed by atoms with Gasteiger partial charge >= 0.3 is 118 Å². The summed E-state index contributed by atoms with van der Waals surface area (Å²) < 4.78 is 3.59. The van der Waals surface area contributed by atoms with Gasteiger partial charge in [-0.1, -0.05) is 0 Å². The van der Waals surface area contributed by atoms with Crippen LogP contribution in [0.15, 0.2) is 42.0 Å². The molecule has 0 aromatic carbocycles. The van der Waals surface area contributed by atoms with E-state index in [1.165, 1.54) is 24.0 Å². The minimum atomic E-state index is -0.507. The molecule has 0 aromatic rings. The van der Waals surface area contributed by atoms with Gasteiger partial charge in [-0.3, -0.25) is 0 Å². The number of allylic oxidation sites excluding steroid dienone is 8. The van der Waals surface area contributed by atoms with Crippen molar-refractivity contribution in [2.45, 2.75) is 40.5 Å². The van der Waals surface area contributed by atoms with E-state index in [4.69, 9.17) is 0 Å². The van der Waals surface area contributed by atoms with Gasteiger partial charge in [0.25, 0.3) is 0 Å². The average molecular weight is 306 g/mol. The Hall–Kier alpha value is -0.157. The fourth-order valence-corrected chi connectivity index (χ4v) is 7.33. The van der Waals surface area contributed by atoms with Crippen molar-refractivity contribution in [3.05, 3.63) is 42.0 Å². The van der Waals surface area contributed by atoms with E-state index in [0.717, 1.165) is 11.8 Å². The zero-order valence-electron chi connectivity index (χ0n) is 11.4. The molecule has 0 N–H and O–H groups in total. The second-order valence-corrected chi connectivity index (χ2v) is 8.63. The van der Waals surface area contributed by atoms with Gasteiger partial charge in [-0.05, 0) is 0 Å². The van der Waals surface area contributed by atoms with Crippen molar-refractivity contribution in [3.8, 4) is 0 Å². The summed E-state index contributed by atoms with van der Waals surface area (Å²) >= 11 is -0.507. The van der Waals surface area contributed by atoms with Crippen LogP contribution in [0.3, 0.4) is 0 Å². The molecule has 2 rings (SSSR count).